The highest BCUT2D eigenvalue weighted by Crippen LogP contribution is 2.51. The van der Waals surface area contributed by atoms with Gasteiger partial charge in [-0.25, -0.2) is 9.13 Å². The number of para-hydroxylation sites is 4. The minimum atomic E-state index is -4.21. The number of hydrogen-bond donors (Lipinski definition) is 0. The standard InChI is InChI=1S/C40H48O12P2/c1-31(27-46-53(43,49-33-19-11-7-12-20-33)50-34-21-13-8-14-22-34)37(41)45-30-39(3,4)29-40(5,6)48-38(42)32(2)28-47-54(44,51-35-23-15-9-16-24-35)52-36-25-17-10-18-26-36/h7-26,31-32H,27-30H2,1-6H3. The molecule has 2 unspecified atom stereocenters. The number of carbonyl (C=O) groups excluding carboxylic acids is 2. The number of hydrogen-bond acceptors (Lipinski definition) is 12. The van der Waals surface area contributed by atoms with Crippen molar-refractivity contribution in [3.63, 3.8) is 0 Å². The zero-order chi connectivity index (χ0) is 39.2. The molecule has 0 N–H and O–H groups in total. The second kappa shape index (κ2) is 19.1. The number of rotatable bonds is 21. The highest BCUT2D eigenvalue weighted by Gasteiger charge is 2.38. The lowest BCUT2D eigenvalue weighted by atomic mass is 9.82. The minimum absolute atomic E-state index is 0.00859. The average molecular weight is 783 g/mol. The molecule has 12 nitrogen and oxygen atoms in total. The zero-order valence-corrected chi connectivity index (χ0v) is 33.1. The molecule has 4 aromatic rings. The molecule has 0 saturated carbocycles. The normalized spacial score (nSPS) is 13.2. The van der Waals surface area contributed by atoms with E-state index >= 15 is 0 Å². The molecule has 0 spiro atoms. The van der Waals surface area contributed by atoms with E-state index in [1.54, 1.807) is 149 Å². The molecule has 0 saturated heterocycles. The SMILES string of the molecule is CC(COP(=O)(Oc1ccccc1)Oc1ccccc1)C(=O)OCC(C)(C)CC(C)(C)OC(=O)C(C)COP(=O)(Oc1ccccc1)Oc1ccccc1. The molecule has 14 heteroatoms. The van der Waals surface area contributed by atoms with Crippen LogP contribution >= 0.6 is 15.6 Å². The molecule has 54 heavy (non-hydrogen) atoms. The van der Waals surface area contributed by atoms with Crippen molar-refractivity contribution in [1.82, 2.24) is 0 Å². The van der Waals surface area contributed by atoms with Gasteiger partial charge in [0.1, 0.15) is 28.6 Å². The lowest BCUT2D eigenvalue weighted by Crippen LogP contribution is -2.38. The Labute approximate surface area is 317 Å². The average Bonchev–Trinajstić information content (AvgIpc) is 3.13. The quantitative estimate of drug-likeness (QED) is 0.0586. The fourth-order valence-corrected chi connectivity index (χ4v) is 7.77. The number of phosphoric ester groups is 2. The molecule has 0 aromatic heterocycles. The van der Waals surface area contributed by atoms with Crippen molar-refractivity contribution in [3.05, 3.63) is 121 Å². The van der Waals surface area contributed by atoms with E-state index < -0.39 is 50.4 Å². The van der Waals surface area contributed by atoms with E-state index in [0.717, 1.165) is 0 Å². The summed E-state index contributed by atoms with van der Waals surface area (Å²) in [7, 11) is -8.41. The number of phosphoric acid groups is 2. The van der Waals surface area contributed by atoms with E-state index in [1.165, 1.54) is 0 Å². The van der Waals surface area contributed by atoms with Crippen LogP contribution in [0.15, 0.2) is 121 Å². The molecular weight excluding hydrogens is 734 g/mol. The molecule has 0 aliphatic carbocycles. The van der Waals surface area contributed by atoms with Gasteiger partial charge in [-0.15, -0.1) is 0 Å². The van der Waals surface area contributed by atoms with E-state index in [1.807, 2.05) is 13.8 Å². The Bertz CT molecular complexity index is 1760. The molecule has 0 heterocycles. The van der Waals surface area contributed by atoms with Gasteiger partial charge in [0, 0.05) is 5.41 Å². The highest BCUT2D eigenvalue weighted by atomic mass is 31.2. The maximum absolute atomic E-state index is 13.7. The van der Waals surface area contributed by atoms with Crippen molar-refractivity contribution in [2.24, 2.45) is 17.3 Å². The smallest absolute Gasteiger partial charge is 0.465 e. The summed E-state index contributed by atoms with van der Waals surface area (Å²) in [5, 5.41) is 0. The van der Waals surface area contributed by atoms with Gasteiger partial charge < -0.3 is 27.6 Å². The van der Waals surface area contributed by atoms with Gasteiger partial charge in [0.05, 0.1) is 31.7 Å². The number of benzene rings is 4. The van der Waals surface area contributed by atoms with Gasteiger partial charge in [-0.2, -0.15) is 0 Å². The summed E-state index contributed by atoms with van der Waals surface area (Å²) in [5.74, 6) is -1.77. The maximum atomic E-state index is 13.7. The van der Waals surface area contributed by atoms with Gasteiger partial charge in [-0.3, -0.25) is 18.6 Å². The van der Waals surface area contributed by atoms with Crippen LogP contribution in [0.4, 0.5) is 0 Å². The summed E-state index contributed by atoms with van der Waals surface area (Å²) in [6.07, 6.45) is 0.315. The molecule has 2 atom stereocenters. The van der Waals surface area contributed by atoms with E-state index in [0.29, 0.717) is 6.42 Å². The van der Waals surface area contributed by atoms with Crippen molar-refractivity contribution in [2.45, 2.75) is 53.6 Å². The van der Waals surface area contributed by atoms with Crippen LogP contribution in [0.3, 0.4) is 0 Å². The summed E-state index contributed by atoms with van der Waals surface area (Å²) < 4.78 is 72.5. The summed E-state index contributed by atoms with van der Waals surface area (Å²) in [5.41, 5.74) is -1.62. The second-order valence-electron chi connectivity index (χ2n) is 14.0. The fraction of sp³-hybridized carbons (Fsp3) is 0.350. The van der Waals surface area contributed by atoms with Crippen LogP contribution in [0.1, 0.15) is 48.0 Å². The predicted octanol–water partition coefficient (Wildman–Crippen LogP) is 10.1. The van der Waals surface area contributed by atoms with Crippen molar-refractivity contribution < 1.29 is 55.3 Å². The molecular formula is C40H48O12P2. The third-order valence-corrected chi connectivity index (χ3v) is 10.2. The summed E-state index contributed by atoms with van der Waals surface area (Å²) in [6, 6.07) is 33.7. The van der Waals surface area contributed by atoms with Crippen LogP contribution in [0.5, 0.6) is 23.0 Å². The van der Waals surface area contributed by atoms with Crippen LogP contribution in [-0.2, 0) is 37.2 Å². The molecule has 4 rings (SSSR count). The van der Waals surface area contributed by atoms with E-state index in [2.05, 4.69) is 0 Å². The Hall–Kier alpha value is -4.60. The predicted molar refractivity (Wildman–Crippen MR) is 203 cm³/mol. The third-order valence-electron chi connectivity index (χ3n) is 7.50. The molecule has 4 aromatic carbocycles. The molecule has 0 radical (unpaired) electrons. The maximum Gasteiger partial charge on any atom is 0.587 e. The van der Waals surface area contributed by atoms with Crippen molar-refractivity contribution in [2.75, 3.05) is 19.8 Å². The first-order valence-corrected chi connectivity index (χ1v) is 20.3. The van der Waals surface area contributed by atoms with Gasteiger partial charge >= 0.3 is 27.6 Å². The van der Waals surface area contributed by atoms with Crippen LogP contribution in [-0.4, -0.2) is 37.4 Å². The Kier molecular flexibility index (Phi) is 14.9. The fourth-order valence-electron chi connectivity index (χ4n) is 5.15. The topological polar surface area (TPSA) is 142 Å². The summed E-state index contributed by atoms with van der Waals surface area (Å²) in [6.45, 7) is 9.77. The number of esters is 2. The second-order valence-corrected chi connectivity index (χ2v) is 17.1. The first kappa shape index (κ1) is 42.1. The lowest BCUT2D eigenvalue weighted by molar-refractivity contribution is -0.167. The molecule has 0 amide bonds. The number of carbonyl (C=O) groups is 2. The van der Waals surface area contributed by atoms with Crippen LogP contribution in [0, 0.1) is 17.3 Å². The Morgan fingerprint density at radius 3 is 1.19 bits per heavy atom. The van der Waals surface area contributed by atoms with Gasteiger partial charge in [0.25, 0.3) is 0 Å². The monoisotopic (exact) mass is 782 g/mol. The Balaban J connectivity index is 1.28. The molecule has 0 aliphatic rings. The van der Waals surface area contributed by atoms with Crippen LogP contribution in [0.2, 0.25) is 0 Å². The highest BCUT2D eigenvalue weighted by molar-refractivity contribution is 7.49. The Morgan fingerprint density at radius 1 is 0.537 bits per heavy atom. The van der Waals surface area contributed by atoms with Crippen molar-refractivity contribution in [1.29, 1.82) is 0 Å². The van der Waals surface area contributed by atoms with E-state index in [4.69, 9.17) is 36.6 Å². The summed E-state index contributed by atoms with van der Waals surface area (Å²) >= 11 is 0. The third kappa shape index (κ3) is 14.3. The molecule has 290 valence electrons. The van der Waals surface area contributed by atoms with E-state index in [-0.39, 0.29) is 42.8 Å². The first-order valence-electron chi connectivity index (χ1n) is 17.4. The Morgan fingerprint density at radius 2 is 0.852 bits per heavy atom. The van der Waals surface area contributed by atoms with Crippen LogP contribution < -0.4 is 18.1 Å². The first-order chi connectivity index (χ1) is 25.5. The van der Waals surface area contributed by atoms with Gasteiger partial charge in [0.2, 0.25) is 0 Å². The zero-order valence-electron chi connectivity index (χ0n) is 31.3. The van der Waals surface area contributed by atoms with E-state index in [9.17, 15) is 18.7 Å². The van der Waals surface area contributed by atoms with Crippen LogP contribution in [0.25, 0.3) is 0 Å². The molecule has 0 bridgehead atoms. The molecule has 0 fully saturated rings. The van der Waals surface area contributed by atoms with Crippen molar-refractivity contribution >= 4 is 27.6 Å². The van der Waals surface area contributed by atoms with Gasteiger partial charge in [-0.1, -0.05) is 86.6 Å². The van der Waals surface area contributed by atoms with Crippen molar-refractivity contribution in [3.8, 4) is 23.0 Å². The largest absolute Gasteiger partial charge is 0.587 e. The number of ether oxygens (including phenoxy) is 2. The molecule has 0 aliphatic heterocycles. The van der Waals surface area contributed by atoms with Gasteiger partial charge in [-0.05, 0) is 82.6 Å². The minimum Gasteiger partial charge on any atom is -0.465 e. The summed E-state index contributed by atoms with van der Waals surface area (Å²) in [4.78, 5) is 26.2. The van der Waals surface area contributed by atoms with Gasteiger partial charge in [0.15, 0.2) is 0 Å². The lowest BCUT2D eigenvalue weighted by Gasteiger charge is -2.35.